The van der Waals surface area contributed by atoms with E-state index in [4.69, 9.17) is 9.47 Å². The van der Waals surface area contributed by atoms with Gasteiger partial charge in [-0.3, -0.25) is 0 Å². The Kier molecular flexibility index (Phi) is 2.22. The van der Waals surface area contributed by atoms with Gasteiger partial charge in [-0.2, -0.15) is 0 Å². The van der Waals surface area contributed by atoms with Crippen molar-refractivity contribution in [3.05, 3.63) is 11.6 Å². The molecule has 2 heterocycles. The van der Waals surface area contributed by atoms with E-state index in [2.05, 4.69) is 19.9 Å². The number of fused-ring (bicyclic) bond motifs is 2. The number of aliphatic hydroxyl groups excluding tert-OH is 2. The van der Waals surface area contributed by atoms with E-state index in [1.165, 1.54) is 5.57 Å². The lowest BCUT2D eigenvalue weighted by molar-refractivity contribution is -0.225. The molecule has 2 saturated heterocycles. The molecule has 1 spiro atoms. The third-order valence-electron chi connectivity index (χ3n) is 6.53. The van der Waals surface area contributed by atoms with Crippen molar-refractivity contribution in [2.24, 2.45) is 10.8 Å². The largest absolute Gasteiger partial charge is 0.396 e. The fourth-order valence-electron chi connectivity index (χ4n) is 5.03. The zero-order valence-electron chi connectivity index (χ0n) is 11.6. The molecule has 4 rings (SSSR count). The molecule has 4 heteroatoms. The van der Waals surface area contributed by atoms with Crippen LogP contribution in [0.5, 0.6) is 0 Å². The molecule has 1 saturated carbocycles. The van der Waals surface area contributed by atoms with Gasteiger partial charge in [0.1, 0.15) is 5.60 Å². The van der Waals surface area contributed by atoms with Crippen molar-refractivity contribution in [1.29, 1.82) is 0 Å². The molecule has 2 bridgehead atoms. The highest BCUT2D eigenvalue weighted by atomic mass is 16.6. The summed E-state index contributed by atoms with van der Waals surface area (Å²) in [5.41, 5.74) is 0.152. The van der Waals surface area contributed by atoms with Crippen molar-refractivity contribution in [2.75, 3.05) is 13.2 Å². The lowest BCUT2D eigenvalue weighted by atomic mass is 9.51. The minimum absolute atomic E-state index is 0.0284. The molecule has 6 atom stereocenters. The van der Waals surface area contributed by atoms with Crippen LogP contribution >= 0.6 is 0 Å². The van der Waals surface area contributed by atoms with Crippen LogP contribution in [-0.2, 0) is 9.47 Å². The zero-order chi connectivity index (χ0) is 13.5. The molecule has 0 aromatic heterocycles. The predicted molar refractivity (Wildman–Crippen MR) is 68.6 cm³/mol. The highest BCUT2D eigenvalue weighted by Gasteiger charge is 2.81. The van der Waals surface area contributed by atoms with Gasteiger partial charge in [0.05, 0.1) is 31.5 Å². The fraction of sp³-hybridized carbons (Fsp3) is 0.867. The predicted octanol–water partition coefficient (Wildman–Crippen LogP) is 1.01. The van der Waals surface area contributed by atoms with Crippen molar-refractivity contribution in [1.82, 2.24) is 0 Å². The molecule has 2 N–H and O–H groups in total. The number of ether oxygens (including phenoxy) is 2. The van der Waals surface area contributed by atoms with Crippen LogP contribution in [-0.4, -0.2) is 47.3 Å². The van der Waals surface area contributed by atoms with Gasteiger partial charge < -0.3 is 19.7 Å². The summed E-state index contributed by atoms with van der Waals surface area (Å²) in [6, 6.07) is 0. The molecular weight excluding hydrogens is 244 g/mol. The highest BCUT2D eigenvalue weighted by molar-refractivity contribution is 5.32. The zero-order valence-corrected chi connectivity index (χ0v) is 11.6. The number of aliphatic hydroxyl groups is 2. The van der Waals surface area contributed by atoms with E-state index in [9.17, 15) is 10.2 Å². The van der Waals surface area contributed by atoms with Crippen LogP contribution in [0.1, 0.15) is 33.1 Å². The lowest BCUT2D eigenvalue weighted by Crippen LogP contribution is -2.66. The second-order valence-corrected chi connectivity index (χ2v) is 7.00. The van der Waals surface area contributed by atoms with Crippen molar-refractivity contribution in [3.8, 4) is 0 Å². The maximum absolute atomic E-state index is 10.6. The molecule has 0 aromatic carbocycles. The Labute approximate surface area is 113 Å². The number of epoxide rings is 1. The molecule has 3 fully saturated rings. The molecule has 19 heavy (non-hydrogen) atoms. The highest BCUT2D eigenvalue weighted by Crippen LogP contribution is 2.71. The van der Waals surface area contributed by atoms with E-state index < -0.39 is 16.9 Å². The van der Waals surface area contributed by atoms with Crippen LogP contribution in [0.4, 0.5) is 0 Å². The number of rotatable bonds is 1. The van der Waals surface area contributed by atoms with Gasteiger partial charge in [-0.15, -0.1) is 0 Å². The van der Waals surface area contributed by atoms with Gasteiger partial charge in [0.25, 0.3) is 0 Å². The Hall–Kier alpha value is -0.420. The van der Waals surface area contributed by atoms with E-state index in [-0.39, 0.29) is 24.4 Å². The maximum atomic E-state index is 10.6. The quantitative estimate of drug-likeness (QED) is 0.549. The topological polar surface area (TPSA) is 62.2 Å². The summed E-state index contributed by atoms with van der Waals surface area (Å²) in [5.74, 6) is 0. The van der Waals surface area contributed by atoms with E-state index in [0.29, 0.717) is 13.0 Å². The van der Waals surface area contributed by atoms with E-state index in [0.717, 1.165) is 12.8 Å². The Balaban J connectivity index is 1.89. The first-order chi connectivity index (χ1) is 9.00. The van der Waals surface area contributed by atoms with Gasteiger partial charge >= 0.3 is 0 Å². The Morgan fingerprint density at radius 3 is 2.84 bits per heavy atom. The molecule has 106 valence electrons. The van der Waals surface area contributed by atoms with Crippen molar-refractivity contribution < 1.29 is 19.7 Å². The molecule has 0 aromatic rings. The summed E-state index contributed by atoms with van der Waals surface area (Å²) >= 11 is 0. The summed E-state index contributed by atoms with van der Waals surface area (Å²) in [6.07, 6.45) is 4.03. The van der Waals surface area contributed by atoms with Gasteiger partial charge in [0.2, 0.25) is 0 Å². The second-order valence-electron chi connectivity index (χ2n) is 7.00. The maximum Gasteiger partial charge on any atom is 0.126 e. The average molecular weight is 266 g/mol. The third kappa shape index (κ3) is 1.13. The summed E-state index contributed by atoms with van der Waals surface area (Å²) in [6.45, 7) is 4.92. The summed E-state index contributed by atoms with van der Waals surface area (Å²) in [4.78, 5) is 0. The van der Waals surface area contributed by atoms with E-state index in [1.807, 2.05) is 0 Å². The second kappa shape index (κ2) is 3.42. The number of allylic oxidation sites excluding steroid dienone is 1. The first-order valence-corrected chi connectivity index (χ1v) is 7.26. The van der Waals surface area contributed by atoms with Gasteiger partial charge in [-0.25, -0.2) is 0 Å². The van der Waals surface area contributed by atoms with Crippen molar-refractivity contribution in [3.63, 3.8) is 0 Å². The van der Waals surface area contributed by atoms with Crippen LogP contribution < -0.4 is 0 Å². The standard InChI is InChI=1S/C15H22O4/c1-9-3-4-14(7-16)11(5-9)19-12-6-10(17)13(14,2)15(12)8-18-15/h5,10-12,16-17H,3-4,6-8H2,1-2H3/t10-,11+,12+,13-,14-,15-/m1/s1. The van der Waals surface area contributed by atoms with Gasteiger partial charge in [-0.05, 0) is 19.8 Å². The normalized spacial score (nSPS) is 58.9. The summed E-state index contributed by atoms with van der Waals surface area (Å²) < 4.78 is 12.0. The first kappa shape index (κ1) is 12.3. The molecule has 0 amide bonds. The minimum Gasteiger partial charge on any atom is -0.396 e. The van der Waals surface area contributed by atoms with Crippen molar-refractivity contribution in [2.45, 2.75) is 57.0 Å². The van der Waals surface area contributed by atoms with Crippen LogP contribution in [0.15, 0.2) is 11.6 Å². The SMILES string of the molecule is CC1=C[C@@H]2O[C@H]3C[C@@H](O)[C@](C)([C@@]2(CO)CC1)[C@@]31CO1. The average Bonchev–Trinajstić information content (AvgIpc) is 3.15. The number of hydrogen-bond donors (Lipinski definition) is 2. The van der Waals surface area contributed by atoms with Crippen LogP contribution in [0, 0.1) is 10.8 Å². The smallest absolute Gasteiger partial charge is 0.126 e. The summed E-state index contributed by atoms with van der Waals surface area (Å²) in [7, 11) is 0. The monoisotopic (exact) mass is 266 g/mol. The van der Waals surface area contributed by atoms with Crippen LogP contribution in [0.2, 0.25) is 0 Å². The van der Waals surface area contributed by atoms with E-state index >= 15 is 0 Å². The Morgan fingerprint density at radius 2 is 2.21 bits per heavy atom. The molecule has 0 radical (unpaired) electrons. The fourth-order valence-corrected chi connectivity index (χ4v) is 5.03. The van der Waals surface area contributed by atoms with Crippen LogP contribution in [0.3, 0.4) is 0 Å². The third-order valence-corrected chi connectivity index (χ3v) is 6.53. The minimum atomic E-state index is -0.455. The molecule has 4 aliphatic rings. The first-order valence-electron chi connectivity index (χ1n) is 7.26. The Bertz CT molecular complexity index is 455. The lowest BCUT2D eigenvalue weighted by Gasteiger charge is -2.58. The van der Waals surface area contributed by atoms with Gasteiger partial charge in [0.15, 0.2) is 0 Å². The number of hydrogen-bond acceptors (Lipinski definition) is 4. The molecule has 0 unspecified atom stereocenters. The summed E-state index contributed by atoms with van der Waals surface area (Å²) in [5, 5.41) is 20.8. The van der Waals surface area contributed by atoms with Crippen LogP contribution in [0.25, 0.3) is 0 Å². The van der Waals surface area contributed by atoms with Crippen molar-refractivity contribution >= 4 is 0 Å². The molecule has 2 aliphatic carbocycles. The van der Waals surface area contributed by atoms with Gasteiger partial charge in [0, 0.05) is 17.3 Å². The molecular formula is C15H22O4. The van der Waals surface area contributed by atoms with Gasteiger partial charge in [-0.1, -0.05) is 18.6 Å². The van der Waals surface area contributed by atoms with E-state index in [1.54, 1.807) is 0 Å². The Morgan fingerprint density at radius 1 is 1.47 bits per heavy atom. The molecule has 2 aliphatic heterocycles. The molecule has 4 nitrogen and oxygen atoms in total.